The molecule has 1 unspecified atom stereocenters. The minimum atomic E-state index is -0.724. The molecule has 0 amide bonds. The van der Waals surface area contributed by atoms with E-state index in [2.05, 4.69) is 0 Å². The predicted octanol–water partition coefficient (Wildman–Crippen LogP) is 2.79. The van der Waals surface area contributed by atoms with E-state index in [4.69, 9.17) is 9.47 Å². The summed E-state index contributed by atoms with van der Waals surface area (Å²) in [5, 5.41) is 0.860. The lowest BCUT2D eigenvalue weighted by Crippen LogP contribution is -2.24. The number of carbonyl (C=O) groups excluding carboxylic acids is 1. The third kappa shape index (κ3) is 2.86. The largest absolute Gasteiger partial charge is 0.453 e. The van der Waals surface area contributed by atoms with Gasteiger partial charge >= 0.3 is 5.97 Å². The highest BCUT2D eigenvalue weighted by molar-refractivity contribution is 5.87. The first-order valence-electron chi connectivity index (χ1n) is 7.59. The van der Waals surface area contributed by atoms with E-state index in [1.165, 1.54) is 6.92 Å². The van der Waals surface area contributed by atoms with Gasteiger partial charge in [0.15, 0.2) is 0 Å². The van der Waals surface area contributed by atoms with Crippen LogP contribution < -0.4 is 10.3 Å². The van der Waals surface area contributed by atoms with Crippen molar-refractivity contribution in [3.8, 4) is 5.75 Å². The fourth-order valence-electron chi connectivity index (χ4n) is 2.79. The lowest BCUT2D eigenvalue weighted by Gasteiger charge is -2.13. The number of nitrogens with zero attached hydrogens (tertiary/aromatic N) is 1. The lowest BCUT2D eigenvalue weighted by molar-refractivity contribution is -0.158. The van der Waals surface area contributed by atoms with Crippen LogP contribution in [0.25, 0.3) is 10.9 Å². The molecule has 0 saturated carbocycles. The van der Waals surface area contributed by atoms with Gasteiger partial charge in [0.1, 0.15) is 5.75 Å². The van der Waals surface area contributed by atoms with Crippen molar-refractivity contribution < 1.29 is 14.3 Å². The molecule has 1 atom stereocenters. The number of carbonyl (C=O) groups is 1. The Labute approximate surface area is 134 Å². The third-order valence-corrected chi connectivity index (χ3v) is 3.82. The van der Waals surface area contributed by atoms with Gasteiger partial charge in [0.2, 0.25) is 6.29 Å². The number of ether oxygens (including phenoxy) is 2. The van der Waals surface area contributed by atoms with Gasteiger partial charge in [-0.15, -0.1) is 0 Å². The van der Waals surface area contributed by atoms with E-state index in [0.29, 0.717) is 17.9 Å². The molecule has 5 heteroatoms. The monoisotopic (exact) mass is 313 g/mol. The van der Waals surface area contributed by atoms with Gasteiger partial charge in [-0.3, -0.25) is 9.59 Å². The van der Waals surface area contributed by atoms with Gasteiger partial charge in [-0.25, -0.2) is 0 Å². The molecule has 120 valence electrons. The van der Waals surface area contributed by atoms with Crippen molar-refractivity contribution in [2.75, 3.05) is 0 Å². The molecule has 0 aliphatic carbocycles. The van der Waals surface area contributed by atoms with Crippen LogP contribution in [0, 0.1) is 0 Å². The molecule has 0 radical (unpaired) electrons. The molecule has 23 heavy (non-hydrogen) atoms. The molecule has 0 bridgehead atoms. The van der Waals surface area contributed by atoms with Gasteiger partial charge in [-0.05, 0) is 26.0 Å². The van der Waals surface area contributed by atoms with Crippen molar-refractivity contribution in [1.82, 2.24) is 4.57 Å². The van der Waals surface area contributed by atoms with Gasteiger partial charge in [-0.2, -0.15) is 0 Å². The normalized spacial score (nSPS) is 15.9. The summed E-state index contributed by atoms with van der Waals surface area (Å²) in [6.07, 6.45) is 1.57. The number of allylic oxidation sites excluding steroid dienone is 2. The molecule has 2 heterocycles. The maximum atomic E-state index is 12.8. The first kappa shape index (κ1) is 15.3. The number of aromatic nitrogens is 1. The standard InChI is InChI=1S/C18H19NO4/c1-11(2)8-9-19-15-7-5-4-6-13(15)17-14(18(19)21)10-16(23-17)22-12(3)20/h4-8,16H,9-10H2,1-3H3. The van der Waals surface area contributed by atoms with Gasteiger partial charge < -0.3 is 14.0 Å². The summed E-state index contributed by atoms with van der Waals surface area (Å²) in [5.41, 5.74) is 2.44. The first-order valence-corrected chi connectivity index (χ1v) is 7.59. The molecule has 0 saturated heterocycles. The fourth-order valence-corrected chi connectivity index (χ4v) is 2.79. The second-order valence-corrected chi connectivity index (χ2v) is 5.88. The Balaban J connectivity index is 2.15. The molecule has 2 aromatic rings. The molecule has 1 aliphatic heterocycles. The van der Waals surface area contributed by atoms with E-state index in [0.717, 1.165) is 16.5 Å². The van der Waals surface area contributed by atoms with Crippen molar-refractivity contribution in [1.29, 1.82) is 0 Å². The Kier molecular flexibility index (Phi) is 3.94. The van der Waals surface area contributed by atoms with Crippen molar-refractivity contribution in [2.45, 2.75) is 40.0 Å². The minimum absolute atomic E-state index is 0.0918. The highest BCUT2D eigenvalue weighted by atomic mass is 16.7. The predicted molar refractivity (Wildman–Crippen MR) is 87.5 cm³/mol. The van der Waals surface area contributed by atoms with Crippen molar-refractivity contribution in [3.05, 3.63) is 51.8 Å². The highest BCUT2D eigenvalue weighted by Gasteiger charge is 2.31. The topological polar surface area (TPSA) is 57.5 Å². The first-order chi connectivity index (χ1) is 11.0. The van der Waals surface area contributed by atoms with Crippen LogP contribution >= 0.6 is 0 Å². The smallest absolute Gasteiger partial charge is 0.305 e. The van der Waals surface area contributed by atoms with E-state index in [9.17, 15) is 9.59 Å². The molecule has 1 aromatic carbocycles. The molecule has 3 rings (SSSR count). The summed E-state index contributed by atoms with van der Waals surface area (Å²) in [5.74, 6) is 0.113. The molecule has 0 fully saturated rings. The van der Waals surface area contributed by atoms with Gasteiger partial charge in [0.05, 0.1) is 17.5 Å². The van der Waals surface area contributed by atoms with Crippen LogP contribution in [0.5, 0.6) is 5.75 Å². The van der Waals surface area contributed by atoms with Crippen LogP contribution in [0.15, 0.2) is 40.7 Å². The number of hydrogen-bond donors (Lipinski definition) is 0. The molecule has 0 N–H and O–H groups in total. The summed E-state index contributed by atoms with van der Waals surface area (Å²) >= 11 is 0. The van der Waals surface area contributed by atoms with E-state index in [1.807, 2.05) is 44.2 Å². The Morgan fingerprint density at radius 2 is 2.09 bits per heavy atom. The van der Waals surface area contributed by atoms with Crippen LogP contribution in [0.3, 0.4) is 0 Å². The van der Waals surface area contributed by atoms with E-state index in [1.54, 1.807) is 4.57 Å². The van der Waals surface area contributed by atoms with Crippen LogP contribution in [0.2, 0.25) is 0 Å². The zero-order chi connectivity index (χ0) is 16.6. The Morgan fingerprint density at radius 3 is 2.78 bits per heavy atom. The van der Waals surface area contributed by atoms with E-state index >= 15 is 0 Å². The highest BCUT2D eigenvalue weighted by Crippen LogP contribution is 2.34. The molecule has 5 nitrogen and oxygen atoms in total. The summed E-state index contributed by atoms with van der Waals surface area (Å²) < 4.78 is 12.6. The number of rotatable bonds is 3. The molecular formula is C18H19NO4. The number of para-hydroxylation sites is 1. The summed E-state index contributed by atoms with van der Waals surface area (Å²) in [6.45, 7) is 5.84. The Bertz CT molecular complexity index is 859. The summed E-state index contributed by atoms with van der Waals surface area (Å²) in [6, 6.07) is 7.62. The molecule has 1 aromatic heterocycles. The second kappa shape index (κ2) is 5.91. The van der Waals surface area contributed by atoms with Crippen LogP contribution in [-0.4, -0.2) is 16.8 Å². The van der Waals surface area contributed by atoms with E-state index in [-0.39, 0.29) is 12.0 Å². The average molecular weight is 313 g/mol. The average Bonchev–Trinajstić information content (AvgIpc) is 2.90. The fraction of sp³-hybridized carbons (Fsp3) is 0.333. The lowest BCUT2D eigenvalue weighted by atomic mass is 10.1. The molecule has 1 aliphatic rings. The van der Waals surface area contributed by atoms with Crippen LogP contribution in [0.4, 0.5) is 0 Å². The summed E-state index contributed by atoms with van der Waals surface area (Å²) in [4.78, 5) is 24.0. The second-order valence-electron chi connectivity index (χ2n) is 5.88. The maximum absolute atomic E-state index is 12.8. The zero-order valence-corrected chi connectivity index (χ0v) is 13.5. The number of hydrogen-bond acceptors (Lipinski definition) is 4. The van der Waals surface area contributed by atoms with Gasteiger partial charge in [0.25, 0.3) is 5.56 Å². The number of pyridine rings is 1. The molecular weight excluding hydrogens is 294 g/mol. The van der Waals surface area contributed by atoms with Crippen molar-refractivity contribution in [3.63, 3.8) is 0 Å². The van der Waals surface area contributed by atoms with Crippen LogP contribution in [-0.2, 0) is 22.5 Å². The number of fused-ring (bicyclic) bond motifs is 3. The maximum Gasteiger partial charge on any atom is 0.305 e. The van der Waals surface area contributed by atoms with Crippen molar-refractivity contribution >= 4 is 16.9 Å². The minimum Gasteiger partial charge on any atom is -0.453 e. The Morgan fingerprint density at radius 1 is 1.35 bits per heavy atom. The zero-order valence-electron chi connectivity index (χ0n) is 13.5. The van der Waals surface area contributed by atoms with Gasteiger partial charge in [-0.1, -0.05) is 23.8 Å². The molecule has 0 spiro atoms. The van der Waals surface area contributed by atoms with Crippen LogP contribution in [0.1, 0.15) is 26.3 Å². The van der Waals surface area contributed by atoms with E-state index < -0.39 is 12.3 Å². The Hall–Kier alpha value is -2.56. The number of esters is 1. The summed E-state index contributed by atoms with van der Waals surface area (Å²) in [7, 11) is 0. The van der Waals surface area contributed by atoms with Gasteiger partial charge in [0, 0.05) is 18.9 Å². The quantitative estimate of drug-likeness (QED) is 0.646. The SMILES string of the molecule is CC(=O)OC1Cc2c(c3ccccc3n(CC=C(C)C)c2=O)O1. The van der Waals surface area contributed by atoms with Crippen molar-refractivity contribution in [2.24, 2.45) is 0 Å². The third-order valence-electron chi connectivity index (χ3n) is 3.82. The number of benzene rings is 1.